The van der Waals surface area contributed by atoms with Crippen LogP contribution in [0.2, 0.25) is 0 Å². The van der Waals surface area contributed by atoms with Crippen LogP contribution in [-0.2, 0) is 14.4 Å². The van der Waals surface area contributed by atoms with Crippen molar-refractivity contribution in [3.63, 3.8) is 0 Å². The summed E-state index contributed by atoms with van der Waals surface area (Å²) >= 11 is 0.852. The number of amides is 2. The molecule has 1 aliphatic carbocycles. The number of allylic oxidation sites excluding steroid dienone is 1. The first kappa shape index (κ1) is 26.8. The number of aliphatic hydroxyl groups excluding tert-OH is 2. The fourth-order valence-corrected chi connectivity index (χ4v) is 5.87. The maximum Gasteiger partial charge on any atom is 0.229 e. The van der Waals surface area contributed by atoms with Crippen LogP contribution in [0.15, 0.2) is 12.2 Å². The standard InChI is InChI=1S/C23H38N2O6S/c1-4-5-7-12-17(27)18-20(29)25-23(22(18,3)31,19(28)16-10-8-6-9-11-16)21(30)32-14-13-24-15(2)26/h8,10,16-19,27-28,31H,4-7,9,11-14H2,1-3H3,(H,24,26)(H,25,29)/t16-,17?,18+,19+,22+,23+/m1/s1. The third-order valence-electron chi connectivity index (χ3n) is 6.67. The highest BCUT2D eigenvalue weighted by molar-refractivity contribution is 8.13. The summed E-state index contributed by atoms with van der Waals surface area (Å²) in [4.78, 5) is 37.6. The summed E-state index contributed by atoms with van der Waals surface area (Å²) < 4.78 is 0. The summed E-state index contributed by atoms with van der Waals surface area (Å²) in [7, 11) is 0. The molecule has 32 heavy (non-hydrogen) atoms. The van der Waals surface area contributed by atoms with E-state index in [1.807, 2.05) is 19.1 Å². The van der Waals surface area contributed by atoms with Gasteiger partial charge >= 0.3 is 0 Å². The fourth-order valence-electron chi connectivity index (χ4n) is 4.88. The highest BCUT2D eigenvalue weighted by Gasteiger charge is 2.70. The molecule has 0 aromatic rings. The largest absolute Gasteiger partial charge is 0.392 e. The van der Waals surface area contributed by atoms with Crippen LogP contribution >= 0.6 is 11.8 Å². The van der Waals surface area contributed by atoms with Gasteiger partial charge in [0.2, 0.25) is 16.9 Å². The molecule has 1 saturated heterocycles. The van der Waals surface area contributed by atoms with Gasteiger partial charge in [-0.25, -0.2) is 0 Å². The number of hydrogen-bond donors (Lipinski definition) is 5. The SMILES string of the molecule is CCCCCC(O)[C@H]1C(=O)N[C@](C(=O)SCCNC(C)=O)([C@@H](O)[C@@H]2C=CCCC2)[C@@]1(C)O. The van der Waals surface area contributed by atoms with E-state index in [1.54, 1.807) is 0 Å². The van der Waals surface area contributed by atoms with Crippen LogP contribution in [0.4, 0.5) is 0 Å². The van der Waals surface area contributed by atoms with Crippen molar-refractivity contribution < 1.29 is 29.7 Å². The van der Waals surface area contributed by atoms with Gasteiger partial charge in [-0.1, -0.05) is 50.1 Å². The van der Waals surface area contributed by atoms with Gasteiger partial charge < -0.3 is 26.0 Å². The van der Waals surface area contributed by atoms with Crippen LogP contribution in [0, 0.1) is 11.8 Å². The van der Waals surface area contributed by atoms with Crippen LogP contribution in [0.3, 0.4) is 0 Å². The molecule has 1 heterocycles. The number of unbranched alkanes of at least 4 members (excludes halogenated alkanes) is 2. The number of nitrogens with one attached hydrogen (secondary N) is 2. The molecule has 0 aromatic heterocycles. The molecule has 5 N–H and O–H groups in total. The zero-order valence-electron chi connectivity index (χ0n) is 19.3. The van der Waals surface area contributed by atoms with Gasteiger partial charge in [-0.3, -0.25) is 14.4 Å². The van der Waals surface area contributed by atoms with Crippen LogP contribution in [0.1, 0.15) is 65.7 Å². The lowest BCUT2D eigenvalue weighted by molar-refractivity contribution is -0.148. The van der Waals surface area contributed by atoms with Crippen molar-refractivity contribution in [2.24, 2.45) is 11.8 Å². The van der Waals surface area contributed by atoms with Crippen LogP contribution in [0.25, 0.3) is 0 Å². The first-order chi connectivity index (χ1) is 15.1. The number of thioether (sulfide) groups is 1. The van der Waals surface area contributed by atoms with Crippen molar-refractivity contribution in [3.05, 3.63) is 12.2 Å². The highest BCUT2D eigenvalue weighted by Crippen LogP contribution is 2.46. The Morgan fingerprint density at radius 2 is 2.06 bits per heavy atom. The predicted octanol–water partition coefficient (Wildman–Crippen LogP) is 1.28. The zero-order valence-corrected chi connectivity index (χ0v) is 20.1. The van der Waals surface area contributed by atoms with Crippen LogP contribution < -0.4 is 10.6 Å². The Morgan fingerprint density at radius 1 is 1.34 bits per heavy atom. The summed E-state index contributed by atoms with van der Waals surface area (Å²) in [5, 5.41) is 38.5. The molecule has 2 rings (SSSR count). The molecule has 0 saturated carbocycles. The third kappa shape index (κ3) is 5.55. The van der Waals surface area contributed by atoms with E-state index in [0.29, 0.717) is 19.3 Å². The van der Waals surface area contributed by atoms with Crippen LogP contribution in [0.5, 0.6) is 0 Å². The number of carbonyl (C=O) groups excluding carboxylic acids is 3. The van der Waals surface area contributed by atoms with E-state index in [9.17, 15) is 29.7 Å². The highest BCUT2D eigenvalue weighted by atomic mass is 32.2. The van der Waals surface area contributed by atoms with Crippen molar-refractivity contribution in [1.29, 1.82) is 0 Å². The molecule has 0 aromatic carbocycles. The van der Waals surface area contributed by atoms with Gasteiger partial charge in [0.25, 0.3) is 0 Å². The maximum absolute atomic E-state index is 13.5. The molecule has 0 spiro atoms. The molecule has 8 nitrogen and oxygen atoms in total. The molecule has 1 unspecified atom stereocenters. The Labute approximate surface area is 194 Å². The minimum absolute atomic E-state index is 0.225. The van der Waals surface area contributed by atoms with Gasteiger partial charge in [0, 0.05) is 25.1 Å². The molecule has 6 atom stereocenters. The molecule has 1 fully saturated rings. The van der Waals surface area contributed by atoms with Crippen molar-refractivity contribution in [2.75, 3.05) is 12.3 Å². The smallest absolute Gasteiger partial charge is 0.229 e. The summed E-state index contributed by atoms with van der Waals surface area (Å²) in [5.41, 5.74) is -3.97. The monoisotopic (exact) mass is 470 g/mol. The van der Waals surface area contributed by atoms with Gasteiger partial charge in [0.15, 0.2) is 5.54 Å². The quantitative estimate of drug-likeness (QED) is 0.227. The maximum atomic E-state index is 13.5. The molecule has 182 valence electrons. The first-order valence-corrected chi connectivity index (χ1v) is 12.6. The average molecular weight is 471 g/mol. The second kappa shape index (κ2) is 11.6. The Kier molecular flexibility index (Phi) is 9.75. The number of rotatable bonds is 11. The minimum Gasteiger partial charge on any atom is -0.392 e. The Balaban J connectivity index is 2.35. The lowest BCUT2D eigenvalue weighted by Crippen LogP contribution is -2.70. The topological polar surface area (TPSA) is 136 Å². The molecular formula is C23H38N2O6S. The van der Waals surface area contributed by atoms with Gasteiger partial charge in [-0.2, -0.15) is 0 Å². The molecule has 2 amide bonds. The Bertz CT molecular complexity index is 713. The lowest BCUT2D eigenvalue weighted by atomic mass is 9.68. The molecular weight excluding hydrogens is 432 g/mol. The van der Waals surface area contributed by atoms with Crippen molar-refractivity contribution >= 4 is 28.7 Å². The van der Waals surface area contributed by atoms with E-state index in [2.05, 4.69) is 10.6 Å². The van der Waals surface area contributed by atoms with Gasteiger partial charge in [-0.15, -0.1) is 0 Å². The van der Waals surface area contributed by atoms with Crippen molar-refractivity contribution in [1.82, 2.24) is 10.6 Å². The number of hydrogen-bond acceptors (Lipinski definition) is 7. The molecule has 0 bridgehead atoms. The second-order valence-corrected chi connectivity index (χ2v) is 10.1. The number of aliphatic hydroxyl groups is 3. The zero-order chi connectivity index (χ0) is 23.9. The van der Waals surface area contributed by atoms with E-state index < -0.39 is 46.2 Å². The predicted molar refractivity (Wildman–Crippen MR) is 124 cm³/mol. The third-order valence-corrected chi connectivity index (χ3v) is 7.66. The summed E-state index contributed by atoms with van der Waals surface area (Å²) in [5.74, 6) is -2.28. The van der Waals surface area contributed by atoms with E-state index in [4.69, 9.17) is 0 Å². The Hall–Kier alpha value is -1.42. The summed E-state index contributed by atoms with van der Waals surface area (Å²) in [6.07, 6.45) is 6.44. The van der Waals surface area contributed by atoms with E-state index in [1.165, 1.54) is 13.8 Å². The average Bonchev–Trinajstić information content (AvgIpc) is 2.96. The fraction of sp³-hybridized carbons (Fsp3) is 0.783. The molecule has 1 aliphatic heterocycles. The summed E-state index contributed by atoms with van der Waals surface area (Å²) in [6.45, 7) is 5.00. The van der Waals surface area contributed by atoms with Crippen molar-refractivity contribution in [3.8, 4) is 0 Å². The lowest BCUT2D eigenvalue weighted by Gasteiger charge is -2.45. The second-order valence-electron chi connectivity index (χ2n) is 9.07. The number of carbonyl (C=O) groups is 3. The van der Waals surface area contributed by atoms with E-state index >= 15 is 0 Å². The van der Waals surface area contributed by atoms with Gasteiger partial charge in [0.1, 0.15) is 5.60 Å². The molecule has 0 radical (unpaired) electrons. The first-order valence-electron chi connectivity index (χ1n) is 11.6. The van der Waals surface area contributed by atoms with E-state index in [0.717, 1.165) is 37.4 Å². The minimum atomic E-state index is -2.00. The summed E-state index contributed by atoms with van der Waals surface area (Å²) in [6, 6.07) is 0. The molecule has 2 aliphatic rings. The van der Waals surface area contributed by atoms with E-state index in [-0.39, 0.29) is 18.2 Å². The molecule has 9 heteroatoms. The van der Waals surface area contributed by atoms with Gasteiger partial charge in [-0.05, 0) is 32.6 Å². The Morgan fingerprint density at radius 3 is 2.66 bits per heavy atom. The van der Waals surface area contributed by atoms with Crippen LogP contribution in [-0.4, -0.2) is 67.9 Å². The van der Waals surface area contributed by atoms with Crippen molar-refractivity contribution in [2.45, 2.75) is 89.1 Å². The normalized spacial score (nSPS) is 31.8. The van der Waals surface area contributed by atoms with Gasteiger partial charge in [0.05, 0.1) is 18.1 Å².